The molecule has 9 heteroatoms. The van der Waals surface area contributed by atoms with Crippen molar-refractivity contribution in [2.24, 2.45) is 0 Å². The number of nitrogens with zero attached hydrogens (tertiary/aromatic N) is 1. The Morgan fingerprint density at radius 2 is 1.95 bits per heavy atom. The number of urea groups is 1. The Balaban J connectivity index is 2.93. The lowest BCUT2D eigenvalue weighted by molar-refractivity contribution is -0.148. The van der Waals surface area contributed by atoms with Crippen molar-refractivity contribution in [1.29, 1.82) is 0 Å². The molecule has 0 saturated carbocycles. The number of para-hydroxylation sites is 1. The molecule has 5 nitrogen and oxygen atoms in total. The molecule has 0 heterocycles. The third-order valence-corrected chi connectivity index (χ3v) is 2.44. The van der Waals surface area contributed by atoms with E-state index in [0.717, 1.165) is 6.07 Å². The number of benzene rings is 1. The number of anilines is 1. The monoisotopic (exact) mass is 308 g/mol. The Labute approximate surface area is 117 Å². The number of nitrogens with one attached hydrogen (secondary N) is 1. The Morgan fingerprint density at radius 1 is 1.33 bits per heavy atom. The lowest BCUT2D eigenvalue weighted by Gasteiger charge is -2.23. The van der Waals surface area contributed by atoms with Crippen LogP contribution in [0.2, 0.25) is 0 Å². The number of aryl methyl sites for hydroxylation is 1. The van der Waals surface area contributed by atoms with Crippen molar-refractivity contribution in [2.45, 2.75) is 13.1 Å². The van der Waals surface area contributed by atoms with Crippen molar-refractivity contribution in [3.63, 3.8) is 0 Å². The zero-order valence-electron chi connectivity index (χ0n) is 10.9. The van der Waals surface area contributed by atoms with Gasteiger partial charge in [0.2, 0.25) is 0 Å². The molecule has 2 amide bonds. The van der Waals surface area contributed by atoms with E-state index in [9.17, 15) is 27.2 Å². The van der Waals surface area contributed by atoms with Gasteiger partial charge in [-0.25, -0.2) is 9.18 Å². The van der Waals surface area contributed by atoms with Crippen LogP contribution in [0.25, 0.3) is 0 Å². The van der Waals surface area contributed by atoms with Crippen LogP contribution in [-0.4, -0.2) is 41.3 Å². The highest BCUT2D eigenvalue weighted by Crippen LogP contribution is 2.21. The summed E-state index contributed by atoms with van der Waals surface area (Å²) in [5.41, 5.74) is 0.00527. The maximum absolute atomic E-state index is 13.5. The highest BCUT2D eigenvalue weighted by Gasteiger charge is 2.34. The SMILES string of the molecule is Cc1cccc(F)c1NC(=O)N(CC(=O)O)CC(F)(F)F. The minimum Gasteiger partial charge on any atom is -0.480 e. The maximum atomic E-state index is 13.5. The molecule has 0 spiro atoms. The fourth-order valence-electron chi connectivity index (χ4n) is 1.56. The largest absolute Gasteiger partial charge is 0.480 e. The van der Waals surface area contributed by atoms with Crippen LogP contribution in [-0.2, 0) is 4.79 Å². The third-order valence-electron chi connectivity index (χ3n) is 2.44. The van der Waals surface area contributed by atoms with Gasteiger partial charge in [-0.2, -0.15) is 13.2 Å². The lowest BCUT2D eigenvalue weighted by Crippen LogP contribution is -2.44. The molecular weight excluding hydrogens is 296 g/mol. The average molecular weight is 308 g/mol. The molecular formula is C12H12F4N2O3. The molecule has 21 heavy (non-hydrogen) atoms. The van der Waals surface area contributed by atoms with Gasteiger partial charge in [0.05, 0.1) is 5.69 Å². The van der Waals surface area contributed by atoms with Crippen molar-refractivity contribution >= 4 is 17.7 Å². The van der Waals surface area contributed by atoms with Crippen LogP contribution in [0.4, 0.5) is 28.0 Å². The molecule has 1 aromatic carbocycles. The van der Waals surface area contributed by atoms with Crippen LogP contribution in [0.5, 0.6) is 0 Å². The van der Waals surface area contributed by atoms with Gasteiger partial charge < -0.3 is 15.3 Å². The van der Waals surface area contributed by atoms with Gasteiger partial charge in [-0.3, -0.25) is 4.79 Å². The maximum Gasteiger partial charge on any atom is 0.406 e. The molecule has 2 N–H and O–H groups in total. The summed E-state index contributed by atoms with van der Waals surface area (Å²) in [6.07, 6.45) is -4.77. The van der Waals surface area contributed by atoms with E-state index in [4.69, 9.17) is 5.11 Å². The fourth-order valence-corrected chi connectivity index (χ4v) is 1.56. The van der Waals surface area contributed by atoms with Crippen LogP contribution in [0.1, 0.15) is 5.56 Å². The highest BCUT2D eigenvalue weighted by atomic mass is 19.4. The van der Waals surface area contributed by atoms with Crippen molar-refractivity contribution in [3.8, 4) is 0 Å². The lowest BCUT2D eigenvalue weighted by atomic mass is 10.2. The summed E-state index contributed by atoms with van der Waals surface area (Å²) in [5, 5.41) is 10.5. The first-order chi connectivity index (χ1) is 9.60. The Bertz CT molecular complexity index is 526. The molecule has 0 aromatic heterocycles. The first-order valence-electron chi connectivity index (χ1n) is 5.69. The van der Waals surface area contributed by atoms with E-state index >= 15 is 0 Å². The van der Waals surface area contributed by atoms with Gasteiger partial charge in [-0.15, -0.1) is 0 Å². The summed E-state index contributed by atoms with van der Waals surface area (Å²) in [6.45, 7) is -1.46. The standard InChI is InChI=1S/C12H12F4N2O3/c1-7-3-2-4-8(13)10(7)17-11(21)18(5-9(19)20)6-12(14,15)16/h2-4H,5-6H2,1H3,(H,17,21)(H,19,20). The van der Waals surface area contributed by atoms with E-state index in [0.29, 0.717) is 5.56 Å². The second-order valence-electron chi connectivity index (χ2n) is 4.23. The van der Waals surface area contributed by atoms with E-state index in [2.05, 4.69) is 0 Å². The molecule has 116 valence electrons. The zero-order chi connectivity index (χ0) is 16.2. The normalized spacial score (nSPS) is 11.1. The molecule has 0 aliphatic rings. The second kappa shape index (κ2) is 6.42. The Kier molecular flexibility index (Phi) is 5.12. The van der Waals surface area contributed by atoms with Crippen LogP contribution >= 0.6 is 0 Å². The summed E-state index contributed by atoms with van der Waals surface area (Å²) in [6, 6.07) is 2.49. The van der Waals surface area contributed by atoms with Crippen LogP contribution < -0.4 is 5.32 Å². The molecule has 0 atom stereocenters. The highest BCUT2D eigenvalue weighted by molar-refractivity contribution is 5.92. The van der Waals surface area contributed by atoms with Gasteiger partial charge in [0.25, 0.3) is 0 Å². The van der Waals surface area contributed by atoms with Crippen molar-refractivity contribution in [1.82, 2.24) is 4.90 Å². The number of hydrogen-bond donors (Lipinski definition) is 2. The van der Waals surface area contributed by atoms with E-state index < -0.39 is 37.1 Å². The smallest absolute Gasteiger partial charge is 0.406 e. The van der Waals surface area contributed by atoms with Crippen LogP contribution in [0, 0.1) is 12.7 Å². The van der Waals surface area contributed by atoms with Gasteiger partial charge in [0.1, 0.15) is 18.9 Å². The number of amides is 2. The van der Waals surface area contributed by atoms with E-state index in [1.807, 2.05) is 5.32 Å². The molecule has 0 bridgehead atoms. The number of hydrogen-bond acceptors (Lipinski definition) is 2. The number of carboxylic acids is 1. The number of alkyl halides is 3. The quantitative estimate of drug-likeness (QED) is 0.840. The summed E-state index contributed by atoms with van der Waals surface area (Å²) in [5.74, 6) is -2.44. The molecule has 0 aliphatic heterocycles. The molecule has 1 rings (SSSR count). The first-order valence-corrected chi connectivity index (χ1v) is 5.69. The second-order valence-corrected chi connectivity index (χ2v) is 4.23. The molecule has 0 aliphatic carbocycles. The van der Waals surface area contributed by atoms with E-state index in [1.54, 1.807) is 0 Å². The number of carbonyl (C=O) groups is 2. The minimum atomic E-state index is -4.77. The predicted molar refractivity (Wildman–Crippen MR) is 65.4 cm³/mol. The summed E-state index contributed by atoms with van der Waals surface area (Å²) in [7, 11) is 0. The minimum absolute atomic E-state index is 0.0359. The number of carboxylic acid groups (broad SMARTS) is 1. The molecule has 0 radical (unpaired) electrons. The van der Waals surface area contributed by atoms with Crippen molar-refractivity contribution in [3.05, 3.63) is 29.6 Å². The van der Waals surface area contributed by atoms with Crippen LogP contribution in [0.3, 0.4) is 0 Å². The number of carbonyl (C=O) groups excluding carboxylic acids is 1. The molecule has 1 aromatic rings. The van der Waals surface area contributed by atoms with Gasteiger partial charge >= 0.3 is 18.2 Å². The Hall–Kier alpha value is -2.32. The number of aliphatic carboxylic acids is 1. The average Bonchev–Trinajstić information content (AvgIpc) is 2.30. The molecule has 0 saturated heterocycles. The van der Waals surface area contributed by atoms with E-state index in [1.165, 1.54) is 19.1 Å². The fraction of sp³-hybridized carbons (Fsp3) is 0.333. The van der Waals surface area contributed by atoms with Gasteiger partial charge in [0, 0.05) is 0 Å². The topological polar surface area (TPSA) is 69.6 Å². The molecule has 0 fully saturated rings. The summed E-state index contributed by atoms with van der Waals surface area (Å²) >= 11 is 0. The van der Waals surface area contributed by atoms with Gasteiger partial charge in [-0.1, -0.05) is 12.1 Å². The van der Waals surface area contributed by atoms with E-state index in [-0.39, 0.29) is 10.6 Å². The summed E-state index contributed by atoms with van der Waals surface area (Å²) in [4.78, 5) is 22.3. The van der Waals surface area contributed by atoms with Gasteiger partial charge in [-0.05, 0) is 18.6 Å². The number of rotatable bonds is 4. The Morgan fingerprint density at radius 3 is 2.43 bits per heavy atom. The van der Waals surface area contributed by atoms with Crippen molar-refractivity contribution in [2.75, 3.05) is 18.4 Å². The molecule has 0 unspecified atom stereocenters. The number of halogens is 4. The third kappa shape index (κ3) is 5.28. The predicted octanol–water partition coefficient (Wildman–Crippen LogP) is 2.61. The summed E-state index contributed by atoms with van der Waals surface area (Å²) < 4.78 is 50.5. The van der Waals surface area contributed by atoms with Gasteiger partial charge in [0.15, 0.2) is 0 Å². The zero-order valence-corrected chi connectivity index (χ0v) is 10.9. The first kappa shape index (κ1) is 16.7. The van der Waals surface area contributed by atoms with Crippen molar-refractivity contribution < 1.29 is 32.3 Å². The van der Waals surface area contributed by atoms with Crippen LogP contribution in [0.15, 0.2) is 18.2 Å².